The van der Waals surface area contributed by atoms with Gasteiger partial charge in [-0.05, 0) is 53.1 Å². The monoisotopic (exact) mass is 415 g/mol. The molecule has 0 saturated heterocycles. The van der Waals surface area contributed by atoms with E-state index in [2.05, 4.69) is 32.4 Å². The highest BCUT2D eigenvalue weighted by atomic mass is 32.2. The van der Waals surface area contributed by atoms with E-state index in [1.807, 2.05) is 41.9 Å². The summed E-state index contributed by atoms with van der Waals surface area (Å²) in [5.74, 6) is 1.62. The average Bonchev–Trinajstić information content (AvgIpc) is 3.44. The highest BCUT2D eigenvalue weighted by molar-refractivity contribution is 7.98. The Hall–Kier alpha value is -2.23. The van der Waals surface area contributed by atoms with E-state index in [0.717, 1.165) is 32.9 Å². The minimum Gasteiger partial charge on any atom is -0.494 e. The van der Waals surface area contributed by atoms with Crippen molar-refractivity contribution in [1.82, 2.24) is 25.2 Å². The molecule has 0 aliphatic rings. The zero-order chi connectivity index (χ0) is 18.5. The minimum absolute atomic E-state index is 0.671. The molecule has 27 heavy (non-hydrogen) atoms. The fourth-order valence-electron chi connectivity index (χ4n) is 2.45. The zero-order valence-corrected chi connectivity index (χ0v) is 17.1. The van der Waals surface area contributed by atoms with Crippen LogP contribution >= 0.6 is 34.4 Å². The van der Waals surface area contributed by atoms with Crippen LogP contribution in [0, 0.1) is 0 Å². The molecule has 0 fully saturated rings. The second-order valence-electron chi connectivity index (χ2n) is 5.59. The Balaban J connectivity index is 1.39. The first-order valence-corrected chi connectivity index (χ1v) is 11.2. The van der Waals surface area contributed by atoms with Gasteiger partial charge in [-0.15, -0.1) is 27.8 Å². The third-order valence-electron chi connectivity index (χ3n) is 3.70. The van der Waals surface area contributed by atoms with Crippen molar-refractivity contribution in [3.8, 4) is 16.3 Å². The van der Waals surface area contributed by atoms with Crippen LogP contribution in [0.4, 0.5) is 0 Å². The van der Waals surface area contributed by atoms with Gasteiger partial charge in [-0.25, -0.2) is 9.67 Å². The lowest BCUT2D eigenvalue weighted by molar-refractivity contribution is 0.340. The van der Waals surface area contributed by atoms with Gasteiger partial charge in [0.25, 0.3) is 0 Å². The van der Waals surface area contributed by atoms with Crippen molar-refractivity contribution in [1.29, 1.82) is 0 Å². The van der Waals surface area contributed by atoms with Gasteiger partial charge < -0.3 is 4.74 Å². The molecule has 0 unspecified atom stereocenters. The number of benzene rings is 1. The molecule has 0 atom stereocenters. The van der Waals surface area contributed by atoms with Gasteiger partial charge in [0.05, 0.1) is 18.8 Å². The Morgan fingerprint density at radius 1 is 1.15 bits per heavy atom. The number of hydrogen-bond acceptors (Lipinski definition) is 8. The standard InChI is InChI=1S/C18H17N5OS3/c1-2-24-15-7-5-13(6-8-15)17-19-14(11-26-17)12-27-18-20-21-22-23(18)10-16-4-3-9-25-16/h3-9,11H,2,10,12H2,1H3. The maximum Gasteiger partial charge on any atom is 0.210 e. The number of aromatic nitrogens is 5. The molecule has 0 saturated carbocycles. The molecule has 0 N–H and O–H groups in total. The van der Waals surface area contributed by atoms with E-state index in [0.29, 0.717) is 13.2 Å². The quantitative estimate of drug-likeness (QED) is 0.392. The highest BCUT2D eigenvalue weighted by Gasteiger charge is 2.11. The maximum absolute atomic E-state index is 5.49. The van der Waals surface area contributed by atoms with Crippen LogP contribution in [0.2, 0.25) is 0 Å². The highest BCUT2D eigenvalue weighted by Crippen LogP contribution is 2.28. The van der Waals surface area contributed by atoms with Crippen LogP contribution in [0.3, 0.4) is 0 Å². The predicted octanol–water partition coefficient (Wildman–Crippen LogP) is 4.60. The lowest BCUT2D eigenvalue weighted by Gasteiger charge is -2.03. The summed E-state index contributed by atoms with van der Waals surface area (Å²) in [4.78, 5) is 5.97. The van der Waals surface area contributed by atoms with Gasteiger partial charge in [0.1, 0.15) is 10.8 Å². The third-order valence-corrected chi connectivity index (χ3v) is 6.49. The lowest BCUT2D eigenvalue weighted by atomic mass is 10.2. The summed E-state index contributed by atoms with van der Waals surface area (Å²) < 4.78 is 7.32. The Morgan fingerprint density at radius 3 is 2.81 bits per heavy atom. The van der Waals surface area contributed by atoms with Crippen molar-refractivity contribution in [2.24, 2.45) is 0 Å². The van der Waals surface area contributed by atoms with Crippen molar-refractivity contribution in [2.75, 3.05) is 6.61 Å². The number of tetrazole rings is 1. The first kappa shape index (κ1) is 18.1. The van der Waals surface area contributed by atoms with Gasteiger partial charge in [0.15, 0.2) is 0 Å². The molecule has 0 amide bonds. The number of rotatable bonds is 8. The molecule has 138 valence electrons. The molecule has 3 aromatic heterocycles. The lowest BCUT2D eigenvalue weighted by Crippen LogP contribution is -2.02. The number of nitrogens with zero attached hydrogens (tertiary/aromatic N) is 5. The Morgan fingerprint density at radius 2 is 2.04 bits per heavy atom. The van der Waals surface area contributed by atoms with Crippen LogP contribution < -0.4 is 4.74 Å². The summed E-state index contributed by atoms with van der Waals surface area (Å²) in [6.45, 7) is 3.35. The molecular weight excluding hydrogens is 398 g/mol. The number of hydrogen-bond donors (Lipinski definition) is 0. The molecule has 4 rings (SSSR count). The van der Waals surface area contributed by atoms with E-state index in [-0.39, 0.29) is 0 Å². The SMILES string of the molecule is CCOc1ccc(-c2nc(CSc3nnnn3Cc3cccs3)cs2)cc1. The summed E-state index contributed by atoms with van der Waals surface area (Å²) in [7, 11) is 0. The molecule has 0 bridgehead atoms. The van der Waals surface area contributed by atoms with Gasteiger partial charge in [-0.3, -0.25) is 0 Å². The van der Waals surface area contributed by atoms with Gasteiger partial charge in [-0.1, -0.05) is 17.8 Å². The van der Waals surface area contributed by atoms with Crippen LogP contribution in [-0.4, -0.2) is 31.8 Å². The van der Waals surface area contributed by atoms with E-state index < -0.39 is 0 Å². The van der Waals surface area contributed by atoms with Crippen LogP contribution in [-0.2, 0) is 12.3 Å². The second-order valence-corrected chi connectivity index (χ2v) is 8.42. The molecule has 9 heteroatoms. The van der Waals surface area contributed by atoms with Crippen molar-refractivity contribution < 1.29 is 4.74 Å². The average molecular weight is 416 g/mol. The van der Waals surface area contributed by atoms with E-state index in [4.69, 9.17) is 9.72 Å². The Labute approximate surface area is 169 Å². The smallest absolute Gasteiger partial charge is 0.210 e. The first-order valence-electron chi connectivity index (χ1n) is 8.41. The molecule has 0 radical (unpaired) electrons. The molecule has 1 aromatic carbocycles. The van der Waals surface area contributed by atoms with E-state index in [9.17, 15) is 0 Å². The Kier molecular flexibility index (Phi) is 5.81. The molecule has 0 spiro atoms. The number of thioether (sulfide) groups is 1. The summed E-state index contributed by atoms with van der Waals surface area (Å²) in [6, 6.07) is 12.2. The molecule has 0 aliphatic carbocycles. The normalized spacial score (nSPS) is 11.0. The first-order chi connectivity index (χ1) is 13.3. The topological polar surface area (TPSA) is 65.7 Å². The Bertz CT molecular complexity index is 979. The number of thiazole rings is 1. The maximum atomic E-state index is 5.49. The van der Waals surface area contributed by atoms with Crippen molar-refractivity contribution in [2.45, 2.75) is 24.4 Å². The van der Waals surface area contributed by atoms with Crippen molar-refractivity contribution >= 4 is 34.4 Å². The van der Waals surface area contributed by atoms with Crippen LogP contribution in [0.15, 0.2) is 52.3 Å². The summed E-state index contributed by atoms with van der Waals surface area (Å²) >= 11 is 4.95. The molecule has 4 aromatic rings. The van der Waals surface area contributed by atoms with Crippen molar-refractivity contribution in [3.05, 3.63) is 57.7 Å². The minimum atomic E-state index is 0.671. The van der Waals surface area contributed by atoms with Crippen LogP contribution in [0.25, 0.3) is 10.6 Å². The predicted molar refractivity (Wildman–Crippen MR) is 110 cm³/mol. The largest absolute Gasteiger partial charge is 0.494 e. The van der Waals surface area contributed by atoms with Crippen LogP contribution in [0.1, 0.15) is 17.5 Å². The molecule has 6 nitrogen and oxygen atoms in total. The fraction of sp³-hybridized carbons (Fsp3) is 0.222. The second kappa shape index (κ2) is 8.64. The van der Waals surface area contributed by atoms with Gasteiger partial charge in [0, 0.05) is 21.6 Å². The number of thiophene rings is 1. The number of ether oxygens (including phenoxy) is 1. The van der Waals surface area contributed by atoms with Crippen LogP contribution in [0.5, 0.6) is 5.75 Å². The van der Waals surface area contributed by atoms with Gasteiger partial charge in [-0.2, -0.15) is 0 Å². The summed E-state index contributed by atoms with van der Waals surface area (Å²) in [5, 5.41) is 18.0. The third kappa shape index (κ3) is 4.55. The van der Waals surface area contributed by atoms with Gasteiger partial charge in [0.2, 0.25) is 5.16 Å². The summed E-state index contributed by atoms with van der Waals surface area (Å²) in [5.41, 5.74) is 2.13. The van der Waals surface area contributed by atoms with Gasteiger partial charge >= 0.3 is 0 Å². The molecule has 0 aliphatic heterocycles. The molecule has 3 heterocycles. The van der Waals surface area contributed by atoms with E-state index in [1.165, 1.54) is 4.88 Å². The van der Waals surface area contributed by atoms with E-state index >= 15 is 0 Å². The zero-order valence-electron chi connectivity index (χ0n) is 14.6. The molecular formula is C18H17N5OS3. The van der Waals surface area contributed by atoms with Crippen molar-refractivity contribution in [3.63, 3.8) is 0 Å². The fourth-order valence-corrected chi connectivity index (χ4v) is 4.84. The van der Waals surface area contributed by atoms with E-state index in [1.54, 1.807) is 34.4 Å². The summed E-state index contributed by atoms with van der Waals surface area (Å²) in [6.07, 6.45) is 0.